The van der Waals surface area contributed by atoms with Crippen molar-refractivity contribution in [2.75, 3.05) is 19.8 Å². The Morgan fingerprint density at radius 1 is 1.00 bits per heavy atom. The summed E-state index contributed by atoms with van der Waals surface area (Å²) in [5, 5.41) is 4.69. The topological polar surface area (TPSA) is 30.5 Å². The van der Waals surface area contributed by atoms with E-state index in [0.29, 0.717) is 16.7 Å². The van der Waals surface area contributed by atoms with E-state index in [4.69, 9.17) is 32.7 Å². The van der Waals surface area contributed by atoms with Crippen molar-refractivity contribution < 1.29 is 9.47 Å². The molecule has 2 aromatic carbocycles. The molecule has 0 heterocycles. The van der Waals surface area contributed by atoms with Crippen molar-refractivity contribution in [3.05, 3.63) is 63.6 Å². The number of nitrogens with one attached hydrogen (secondary N) is 1. The first-order valence-electron chi connectivity index (χ1n) is 9.13. The summed E-state index contributed by atoms with van der Waals surface area (Å²) in [6.07, 6.45) is 3.34. The van der Waals surface area contributed by atoms with E-state index in [9.17, 15) is 0 Å². The van der Waals surface area contributed by atoms with E-state index < -0.39 is 0 Å². The van der Waals surface area contributed by atoms with Gasteiger partial charge in [0.15, 0.2) is 0 Å². The Balaban J connectivity index is 0.00000364. The van der Waals surface area contributed by atoms with Gasteiger partial charge in [0.1, 0.15) is 12.4 Å². The van der Waals surface area contributed by atoms with Gasteiger partial charge in [-0.2, -0.15) is 0 Å². The maximum Gasteiger partial charge on any atom is 0.120 e. The van der Waals surface area contributed by atoms with Crippen molar-refractivity contribution in [1.82, 2.24) is 5.32 Å². The first-order chi connectivity index (χ1) is 12.7. The van der Waals surface area contributed by atoms with Gasteiger partial charge in [0, 0.05) is 35.4 Å². The van der Waals surface area contributed by atoms with Gasteiger partial charge in [-0.1, -0.05) is 54.7 Å². The first kappa shape index (κ1) is 24.1. The predicted molar refractivity (Wildman–Crippen MR) is 117 cm³/mol. The number of unbranched alkanes of at least 4 members (excludes halogenated alkanes) is 1. The third-order valence-electron chi connectivity index (χ3n) is 3.92. The molecule has 6 heteroatoms. The molecule has 2 aromatic rings. The molecule has 0 aliphatic carbocycles. The summed E-state index contributed by atoms with van der Waals surface area (Å²) in [7, 11) is 0. The van der Waals surface area contributed by atoms with Crippen LogP contribution >= 0.6 is 35.6 Å². The van der Waals surface area contributed by atoms with E-state index in [0.717, 1.165) is 50.5 Å². The molecule has 150 valence electrons. The molecule has 0 aliphatic heterocycles. The fourth-order valence-corrected chi connectivity index (χ4v) is 2.89. The fraction of sp³-hybridized carbons (Fsp3) is 0.429. The van der Waals surface area contributed by atoms with Crippen molar-refractivity contribution in [1.29, 1.82) is 0 Å². The lowest BCUT2D eigenvalue weighted by Crippen LogP contribution is -2.16. The summed E-state index contributed by atoms with van der Waals surface area (Å²) >= 11 is 12.1. The van der Waals surface area contributed by atoms with Gasteiger partial charge in [0.25, 0.3) is 0 Å². The van der Waals surface area contributed by atoms with Crippen molar-refractivity contribution in [2.45, 2.75) is 39.3 Å². The van der Waals surface area contributed by atoms with Crippen LogP contribution in [0.5, 0.6) is 5.75 Å². The predicted octanol–water partition coefficient (Wildman–Crippen LogP) is 6.29. The molecule has 0 saturated carbocycles. The fourth-order valence-electron chi connectivity index (χ4n) is 2.43. The molecule has 0 amide bonds. The normalized spacial score (nSPS) is 10.5. The van der Waals surface area contributed by atoms with E-state index in [1.54, 1.807) is 6.07 Å². The van der Waals surface area contributed by atoms with Crippen LogP contribution in [0.15, 0.2) is 42.5 Å². The van der Waals surface area contributed by atoms with E-state index in [-0.39, 0.29) is 12.4 Å². The van der Waals surface area contributed by atoms with Gasteiger partial charge < -0.3 is 14.8 Å². The van der Waals surface area contributed by atoms with Crippen molar-refractivity contribution in [2.24, 2.45) is 0 Å². The average Bonchev–Trinajstić information content (AvgIpc) is 2.63. The molecule has 0 aromatic heterocycles. The maximum absolute atomic E-state index is 6.18. The summed E-state index contributed by atoms with van der Waals surface area (Å²) in [6.45, 7) is 6.03. The number of hydrogen-bond donors (Lipinski definition) is 1. The van der Waals surface area contributed by atoms with E-state index in [1.807, 2.05) is 24.3 Å². The maximum atomic E-state index is 6.18. The number of halogens is 3. The Labute approximate surface area is 178 Å². The molecule has 0 unspecified atom stereocenters. The summed E-state index contributed by atoms with van der Waals surface area (Å²) in [6, 6.07) is 13.5. The monoisotopic (exact) mass is 431 g/mol. The minimum Gasteiger partial charge on any atom is -0.489 e. The first-order valence-corrected chi connectivity index (χ1v) is 9.88. The largest absolute Gasteiger partial charge is 0.489 e. The SMILES string of the molecule is CCCCOCCCNCc1cccc(OCc2ccc(Cl)cc2Cl)c1.Cl. The lowest BCUT2D eigenvalue weighted by molar-refractivity contribution is 0.129. The van der Waals surface area contributed by atoms with Crippen LogP contribution < -0.4 is 10.1 Å². The molecular formula is C21H28Cl3NO2. The molecule has 27 heavy (non-hydrogen) atoms. The van der Waals surface area contributed by atoms with Gasteiger partial charge in [-0.15, -0.1) is 12.4 Å². The quantitative estimate of drug-likeness (QED) is 0.400. The molecule has 0 spiro atoms. The van der Waals surface area contributed by atoms with Crippen LogP contribution in [0.4, 0.5) is 0 Å². The molecule has 1 N–H and O–H groups in total. The minimum absolute atomic E-state index is 0. The third kappa shape index (κ3) is 9.68. The number of benzene rings is 2. The van der Waals surface area contributed by atoms with Gasteiger partial charge in [0.2, 0.25) is 0 Å². The zero-order valence-electron chi connectivity index (χ0n) is 15.7. The zero-order valence-corrected chi connectivity index (χ0v) is 18.0. The summed E-state index contributed by atoms with van der Waals surface area (Å²) in [4.78, 5) is 0. The second-order valence-electron chi connectivity index (χ2n) is 6.17. The van der Waals surface area contributed by atoms with Gasteiger partial charge in [-0.25, -0.2) is 0 Å². The number of hydrogen-bond acceptors (Lipinski definition) is 3. The molecule has 0 aliphatic rings. The summed E-state index contributed by atoms with van der Waals surface area (Å²) in [5.41, 5.74) is 2.11. The average molecular weight is 433 g/mol. The molecule has 3 nitrogen and oxygen atoms in total. The second kappa shape index (κ2) is 14.1. The van der Waals surface area contributed by atoms with Gasteiger partial charge in [-0.3, -0.25) is 0 Å². The number of ether oxygens (including phenoxy) is 2. The minimum atomic E-state index is 0. The van der Waals surface area contributed by atoms with Crippen molar-refractivity contribution in [3.8, 4) is 5.75 Å². The smallest absolute Gasteiger partial charge is 0.120 e. The Morgan fingerprint density at radius 2 is 1.81 bits per heavy atom. The Kier molecular flexibility index (Phi) is 12.6. The van der Waals surface area contributed by atoms with Crippen LogP contribution in [-0.4, -0.2) is 19.8 Å². The molecule has 2 rings (SSSR count). The van der Waals surface area contributed by atoms with Crippen molar-refractivity contribution in [3.63, 3.8) is 0 Å². The lowest BCUT2D eigenvalue weighted by atomic mass is 10.2. The lowest BCUT2D eigenvalue weighted by Gasteiger charge is -2.10. The van der Waals surface area contributed by atoms with Gasteiger partial charge in [0.05, 0.1) is 0 Å². The van der Waals surface area contributed by atoms with Gasteiger partial charge in [-0.05, 0) is 49.2 Å². The molecule has 0 saturated heterocycles. The van der Waals surface area contributed by atoms with Crippen LogP contribution in [-0.2, 0) is 17.9 Å². The Morgan fingerprint density at radius 3 is 2.59 bits per heavy atom. The third-order valence-corrected chi connectivity index (χ3v) is 4.51. The van der Waals surface area contributed by atoms with E-state index in [1.165, 1.54) is 12.0 Å². The highest BCUT2D eigenvalue weighted by Crippen LogP contribution is 2.23. The standard InChI is InChI=1S/C21H27Cl2NO2.ClH/c1-2-3-11-25-12-5-10-24-15-17-6-4-7-20(13-17)26-16-18-8-9-19(22)14-21(18)23;/h4,6-9,13-14,24H,2-3,5,10-12,15-16H2,1H3;1H. The molecule has 0 bridgehead atoms. The molecule has 0 radical (unpaired) electrons. The highest BCUT2D eigenvalue weighted by atomic mass is 35.5. The molecular weight excluding hydrogens is 405 g/mol. The second-order valence-corrected chi connectivity index (χ2v) is 7.01. The highest BCUT2D eigenvalue weighted by molar-refractivity contribution is 6.35. The van der Waals surface area contributed by atoms with Crippen LogP contribution in [0.3, 0.4) is 0 Å². The van der Waals surface area contributed by atoms with E-state index >= 15 is 0 Å². The van der Waals surface area contributed by atoms with Crippen LogP contribution in [0, 0.1) is 0 Å². The van der Waals surface area contributed by atoms with Crippen molar-refractivity contribution >= 4 is 35.6 Å². The molecule has 0 fully saturated rings. The van der Waals surface area contributed by atoms with Gasteiger partial charge >= 0.3 is 0 Å². The highest BCUT2D eigenvalue weighted by Gasteiger charge is 2.03. The van der Waals surface area contributed by atoms with Crippen LogP contribution in [0.25, 0.3) is 0 Å². The summed E-state index contributed by atoms with van der Waals surface area (Å²) in [5.74, 6) is 0.832. The Hall–Kier alpha value is -0.970. The van der Waals surface area contributed by atoms with Crippen LogP contribution in [0.2, 0.25) is 10.0 Å². The van der Waals surface area contributed by atoms with E-state index in [2.05, 4.69) is 24.4 Å². The van der Waals surface area contributed by atoms with Crippen LogP contribution in [0.1, 0.15) is 37.3 Å². The Bertz CT molecular complexity index is 668. The summed E-state index contributed by atoms with van der Waals surface area (Å²) < 4.78 is 11.4. The molecule has 0 atom stereocenters. The number of rotatable bonds is 12. The zero-order chi connectivity index (χ0) is 18.6.